The number of aromatic nitrogens is 2. The highest BCUT2D eigenvalue weighted by Gasteiger charge is 2.32. The van der Waals surface area contributed by atoms with Gasteiger partial charge in [-0.1, -0.05) is 60.7 Å². The van der Waals surface area contributed by atoms with Crippen LogP contribution in [0.15, 0.2) is 94.3 Å². The van der Waals surface area contributed by atoms with Gasteiger partial charge in [-0.3, -0.25) is 9.59 Å². The molecule has 0 bridgehead atoms. The van der Waals surface area contributed by atoms with E-state index in [0.717, 1.165) is 0 Å². The van der Waals surface area contributed by atoms with E-state index in [0.29, 0.717) is 33.7 Å². The molecular weight excluding hydrogens is 404 g/mol. The zero-order valence-electron chi connectivity index (χ0n) is 17.1. The molecule has 0 fully saturated rings. The first-order valence-electron chi connectivity index (χ1n) is 10.0. The number of amidine groups is 1. The number of benzene rings is 3. The second kappa shape index (κ2) is 7.63. The molecule has 0 saturated heterocycles. The van der Waals surface area contributed by atoms with Crippen LogP contribution in [0.4, 0.5) is 0 Å². The van der Waals surface area contributed by atoms with Crippen LogP contribution in [0.25, 0.3) is 28.4 Å². The molecule has 4 aromatic rings. The molecule has 1 aromatic heterocycles. The predicted molar refractivity (Wildman–Crippen MR) is 124 cm³/mol. The fourth-order valence-corrected chi connectivity index (χ4v) is 3.69. The van der Waals surface area contributed by atoms with Gasteiger partial charge in [0.2, 0.25) is 0 Å². The van der Waals surface area contributed by atoms with Crippen molar-refractivity contribution in [3.63, 3.8) is 0 Å². The Morgan fingerprint density at radius 2 is 1.56 bits per heavy atom. The number of amides is 1. The molecule has 5 rings (SSSR count). The number of aliphatic imine (C=N–C) groups is 1. The van der Waals surface area contributed by atoms with Crippen LogP contribution in [0.3, 0.4) is 0 Å². The van der Waals surface area contributed by atoms with Crippen LogP contribution in [0, 0.1) is 0 Å². The van der Waals surface area contributed by atoms with Crippen LogP contribution in [0.1, 0.15) is 12.5 Å². The first-order valence-corrected chi connectivity index (χ1v) is 10.0. The second-order valence-electron chi connectivity index (χ2n) is 7.30. The summed E-state index contributed by atoms with van der Waals surface area (Å²) in [6, 6.07) is 22.9. The van der Waals surface area contributed by atoms with Gasteiger partial charge in [-0.2, -0.15) is 9.69 Å². The summed E-state index contributed by atoms with van der Waals surface area (Å²) in [6.45, 7) is 1.65. The average molecular weight is 422 g/mol. The Balaban J connectivity index is 1.72. The van der Waals surface area contributed by atoms with Gasteiger partial charge in [0.1, 0.15) is 17.3 Å². The van der Waals surface area contributed by atoms with Crippen molar-refractivity contribution in [2.24, 2.45) is 4.99 Å². The largest absolute Gasteiger partial charge is 0.507 e. The molecule has 1 aliphatic heterocycles. The van der Waals surface area contributed by atoms with Gasteiger partial charge in [-0.25, -0.2) is 9.98 Å². The Labute approximate surface area is 183 Å². The lowest BCUT2D eigenvalue weighted by Crippen LogP contribution is -2.47. The molecule has 0 aliphatic carbocycles. The number of aromatic hydroxyl groups is 1. The summed E-state index contributed by atoms with van der Waals surface area (Å²) in [5.74, 6) is 0.213. The third kappa shape index (κ3) is 3.16. The van der Waals surface area contributed by atoms with Crippen LogP contribution in [-0.4, -0.2) is 26.5 Å². The molecule has 0 saturated carbocycles. The molecule has 32 heavy (non-hydrogen) atoms. The highest BCUT2D eigenvalue weighted by atomic mass is 16.3. The van der Waals surface area contributed by atoms with Gasteiger partial charge in [-0.05, 0) is 31.2 Å². The van der Waals surface area contributed by atoms with E-state index in [9.17, 15) is 14.7 Å². The number of phenols is 1. The number of phenolic OH excluding ortho intramolecular Hbond substituents is 1. The molecule has 0 spiro atoms. The van der Waals surface area contributed by atoms with Crippen LogP contribution in [0.5, 0.6) is 5.75 Å². The highest BCUT2D eigenvalue weighted by Crippen LogP contribution is 2.25. The Hall–Kier alpha value is -4.52. The Morgan fingerprint density at radius 3 is 2.34 bits per heavy atom. The Bertz CT molecular complexity index is 1490. The third-order valence-electron chi connectivity index (χ3n) is 5.22. The first kappa shape index (κ1) is 19.4. The van der Waals surface area contributed by atoms with E-state index in [1.54, 1.807) is 43.3 Å². The summed E-state index contributed by atoms with van der Waals surface area (Å²) >= 11 is 0. The van der Waals surface area contributed by atoms with Crippen molar-refractivity contribution in [1.29, 1.82) is 0 Å². The molecule has 1 amide bonds. The average Bonchev–Trinajstić information content (AvgIpc) is 3.08. The van der Waals surface area contributed by atoms with E-state index in [1.807, 2.05) is 36.4 Å². The normalized spacial score (nSPS) is 14.9. The van der Waals surface area contributed by atoms with Crippen LogP contribution < -0.4 is 10.6 Å². The molecule has 156 valence electrons. The Kier molecular flexibility index (Phi) is 4.63. The topological polar surface area (TPSA) is 87.8 Å². The van der Waals surface area contributed by atoms with Crippen LogP contribution >= 0.6 is 0 Å². The predicted octanol–water partition coefficient (Wildman–Crippen LogP) is 3.71. The summed E-state index contributed by atoms with van der Waals surface area (Å²) in [5, 5.41) is 11.7. The number of para-hydroxylation sites is 2. The lowest BCUT2D eigenvalue weighted by Gasteiger charge is -2.22. The number of nitrogens with zero attached hydrogens (tertiary/aromatic N) is 4. The number of hydrogen-bond donors (Lipinski definition) is 1. The molecule has 0 atom stereocenters. The smallest absolute Gasteiger partial charge is 0.297 e. The van der Waals surface area contributed by atoms with E-state index in [4.69, 9.17) is 4.98 Å². The van der Waals surface area contributed by atoms with Crippen molar-refractivity contribution in [1.82, 2.24) is 9.66 Å². The number of fused-ring (bicyclic) bond motifs is 1. The van der Waals surface area contributed by atoms with Crippen LogP contribution in [0.2, 0.25) is 0 Å². The second-order valence-corrected chi connectivity index (χ2v) is 7.30. The van der Waals surface area contributed by atoms with Gasteiger partial charge in [0, 0.05) is 11.1 Å². The fourth-order valence-electron chi connectivity index (χ4n) is 3.69. The van der Waals surface area contributed by atoms with Crippen molar-refractivity contribution in [2.75, 3.05) is 5.01 Å². The zero-order chi connectivity index (χ0) is 22.2. The SMILES string of the molecule is CC1=N/C(=C/c2ccccc2O)C(=O)N1n1c(-c2ccccc2)nc2ccccc2c1=O. The minimum Gasteiger partial charge on any atom is -0.507 e. The molecular formula is C25H18N4O3. The summed E-state index contributed by atoms with van der Waals surface area (Å²) in [6.07, 6.45) is 1.50. The highest BCUT2D eigenvalue weighted by molar-refractivity contribution is 6.24. The molecule has 7 heteroatoms. The van der Waals surface area contributed by atoms with E-state index in [-0.39, 0.29) is 17.0 Å². The molecule has 0 radical (unpaired) electrons. The number of hydrogen-bond acceptors (Lipinski definition) is 5. The number of carbonyl (C=O) groups is 1. The minimum atomic E-state index is -0.484. The molecule has 1 N–H and O–H groups in total. The van der Waals surface area contributed by atoms with E-state index < -0.39 is 5.91 Å². The first-order chi connectivity index (χ1) is 15.5. The Morgan fingerprint density at radius 1 is 0.875 bits per heavy atom. The van der Waals surface area contributed by atoms with Crippen molar-refractivity contribution in [3.8, 4) is 17.1 Å². The number of carbonyl (C=O) groups excluding carboxylic acids is 1. The van der Waals surface area contributed by atoms with E-state index in [2.05, 4.69) is 4.99 Å². The maximum atomic E-state index is 13.5. The fraction of sp³-hybridized carbons (Fsp3) is 0.0400. The van der Waals surface area contributed by atoms with Crippen molar-refractivity contribution < 1.29 is 9.90 Å². The maximum absolute atomic E-state index is 13.5. The lowest BCUT2D eigenvalue weighted by atomic mass is 10.1. The summed E-state index contributed by atoms with van der Waals surface area (Å²) in [4.78, 5) is 36.0. The molecule has 2 heterocycles. The van der Waals surface area contributed by atoms with Gasteiger partial charge in [-0.15, -0.1) is 0 Å². The van der Waals surface area contributed by atoms with Gasteiger partial charge in [0.05, 0.1) is 10.9 Å². The lowest BCUT2D eigenvalue weighted by molar-refractivity contribution is -0.115. The summed E-state index contributed by atoms with van der Waals surface area (Å²) in [5.41, 5.74) is 1.43. The molecule has 0 unspecified atom stereocenters. The zero-order valence-corrected chi connectivity index (χ0v) is 17.1. The third-order valence-corrected chi connectivity index (χ3v) is 5.22. The maximum Gasteiger partial charge on any atom is 0.297 e. The monoisotopic (exact) mass is 422 g/mol. The van der Waals surface area contributed by atoms with Crippen molar-refractivity contribution in [3.05, 3.63) is 100 Å². The van der Waals surface area contributed by atoms with Gasteiger partial charge in [0.25, 0.3) is 11.5 Å². The summed E-state index contributed by atoms with van der Waals surface area (Å²) in [7, 11) is 0. The molecule has 1 aliphatic rings. The molecule has 7 nitrogen and oxygen atoms in total. The van der Waals surface area contributed by atoms with Gasteiger partial charge in [0.15, 0.2) is 5.82 Å². The minimum absolute atomic E-state index is 0.0358. The standard InChI is InChI=1S/C25H18N4O3/c1-16-26-21(15-18-11-5-8-14-22(18)30)25(32)28(16)29-23(17-9-3-2-4-10-17)27-20-13-7-6-12-19(20)24(29)31/h2-15,30H,1H3/b21-15+. The van der Waals surface area contributed by atoms with E-state index >= 15 is 0 Å². The quantitative estimate of drug-likeness (QED) is 0.510. The van der Waals surface area contributed by atoms with Crippen LogP contribution in [-0.2, 0) is 4.79 Å². The van der Waals surface area contributed by atoms with Gasteiger partial charge >= 0.3 is 0 Å². The van der Waals surface area contributed by atoms with Crippen molar-refractivity contribution >= 4 is 28.7 Å². The molecule has 3 aromatic carbocycles. The van der Waals surface area contributed by atoms with E-state index in [1.165, 1.54) is 21.8 Å². The summed E-state index contributed by atoms with van der Waals surface area (Å²) < 4.78 is 1.27. The number of rotatable bonds is 3. The van der Waals surface area contributed by atoms with Gasteiger partial charge < -0.3 is 5.11 Å². The van der Waals surface area contributed by atoms with Crippen molar-refractivity contribution in [2.45, 2.75) is 6.92 Å².